The van der Waals surface area contributed by atoms with Gasteiger partial charge in [0.25, 0.3) is 0 Å². The molecular formula is C19H31NO3S8Si. The predicted molar refractivity (Wildman–Crippen MR) is 160 cm³/mol. The zero-order chi connectivity index (χ0) is 23.4. The van der Waals surface area contributed by atoms with Gasteiger partial charge in [0.05, 0.1) is 10.2 Å². The summed E-state index contributed by atoms with van der Waals surface area (Å²) in [5, 5.41) is 0. The number of benzene rings is 1. The number of fused-ring (bicyclic) bond motifs is 1. The topological polar surface area (TPSA) is 40.6 Å². The minimum atomic E-state index is -2.67. The van der Waals surface area contributed by atoms with E-state index in [4.69, 9.17) is 13.3 Å². The molecule has 1 aromatic carbocycles. The van der Waals surface area contributed by atoms with Crippen LogP contribution >= 0.6 is 82.1 Å². The maximum atomic E-state index is 6.24. The van der Waals surface area contributed by atoms with Crippen molar-refractivity contribution in [3.63, 3.8) is 0 Å². The quantitative estimate of drug-likeness (QED) is 0.0982. The molecule has 1 heterocycles. The molecule has 2 aromatic rings. The molecule has 0 bridgehead atoms. The van der Waals surface area contributed by atoms with Gasteiger partial charge in [0, 0.05) is 30.1 Å². The Labute approximate surface area is 224 Å². The smallest absolute Gasteiger partial charge is 0.371 e. The summed E-state index contributed by atoms with van der Waals surface area (Å²) >= 11 is 1.75. The molecule has 0 aliphatic heterocycles. The molecule has 13 heteroatoms. The third kappa shape index (κ3) is 12.1. The van der Waals surface area contributed by atoms with E-state index in [0.717, 1.165) is 28.1 Å². The van der Waals surface area contributed by atoms with Crippen LogP contribution in [0.15, 0.2) is 28.6 Å². The van der Waals surface area contributed by atoms with E-state index in [9.17, 15) is 0 Å². The van der Waals surface area contributed by atoms with Gasteiger partial charge in [-0.15, -0.1) is 11.3 Å². The van der Waals surface area contributed by atoms with Crippen LogP contribution in [-0.4, -0.2) is 37.9 Å². The minimum Gasteiger partial charge on any atom is -0.371 e. The number of hydrogen-bond acceptors (Lipinski definition) is 12. The van der Waals surface area contributed by atoms with Gasteiger partial charge in [-0.25, -0.2) is 4.98 Å². The highest BCUT2D eigenvalue weighted by Crippen LogP contribution is 2.56. The fourth-order valence-electron chi connectivity index (χ4n) is 2.70. The number of para-hydroxylation sites is 1. The summed E-state index contributed by atoms with van der Waals surface area (Å²) in [6.07, 6.45) is 1.33. The second-order valence-corrected chi connectivity index (χ2v) is 22.6. The first kappa shape index (κ1) is 29.9. The van der Waals surface area contributed by atoms with E-state index in [1.807, 2.05) is 36.5 Å². The van der Waals surface area contributed by atoms with E-state index in [-0.39, 0.29) is 18.3 Å². The van der Waals surface area contributed by atoms with Crippen LogP contribution in [0, 0.1) is 0 Å². The van der Waals surface area contributed by atoms with Crippen molar-refractivity contribution in [1.29, 1.82) is 0 Å². The van der Waals surface area contributed by atoms with Crippen molar-refractivity contribution < 1.29 is 13.3 Å². The van der Waals surface area contributed by atoms with Crippen LogP contribution in [0.2, 0.25) is 6.04 Å². The molecule has 2 rings (SSSR count). The van der Waals surface area contributed by atoms with Crippen molar-refractivity contribution in [2.24, 2.45) is 0 Å². The molecule has 0 spiro atoms. The largest absolute Gasteiger partial charge is 0.501 e. The van der Waals surface area contributed by atoms with Crippen LogP contribution in [0.1, 0.15) is 48.0 Å². The molecule has 0 fully saturated rings. The molecule has 0 N–H and O–H groups in total. The monoisotopic (exact) mass is 605 g/mol. The number of hydrogen-bond donors (Lipinski definition) is 0. The molecule has 1 aromatic heterocycles. The molecular weight excluding hydrogens is 575 g/mol. The van der Waals surface area contributed by atoms with Crippen LogP contribution < -0.4 is 0 Å². The van der Waals surface area contributed by atoms with Crippen LogP contribution in [0.4, 0.5) is 0 Å². The molecule has 0 atom stereocenters. The number of thiazole rings is 1. The first-order valence-corrected chi connectivity index (χ1v) is 22.0. The minimum absolute atomic E-state index is 0.100. The summed E-state index contributed by atoms with van der Waals surface area (Å²) in [5.74, 6) is 1.05. The van der Waals surface area contributed by atoms with E-state index in [1.54, 1.807) is 51.6 Å². The zero-order valence-corrected chi connectivity index (χ0v) is 26.6. The van der Waals surface area contributed by atoms with Gasteiger partial charge in [0.2, 0.25) is 0 Å². The Balaban J connectivity index is 1.59. The van der Waals surface area contributed by atoms with E-state index in [0.29, 0.717) is 0 Å². The Morgan fingerprint density at radius 2 is 1.44 bits per heavy atom. The summed E-state index contributed by atoms with van der Waals surface area (Å²) < 4.78 is 21.1. The first-order valence-electron chi connectivity index (χ1n) is 10.3. The summed E-state index contributed by atoms with van der Waals surface area (Å²) in [4.78, 5) is 4.65. The summed E-state index contributed by atoms with van der Waals surface area (Å²) in [7, 11) is 9.94. The molecule has 0 amide bonds. The first-order chi connectivity index (χ1) is 15.3. The molecule has 4 nitrogen and oxygen atoms in total. The molecule has 0 aliphatic rings. The predicted octanol–water partition coefficient (Wildman–Crippen LogP) is 9.88. The second-order valence-electron chi connectivity index (χ2n) is 7.48. The lowest BCUT2D eigenvalue weighted by atomic mass is 10.3. The maximum absolute atomic E-state index is 6.24. The van der Waals surface area contributed by atoms with Gasteiger partial charge in [0.15, 0.2) is 4.34 Å². The van der Waals surface area contributed by atoms with Crippen LogP contribution in [-0.2, 0) is 13.3 Å². The third-order valence-corrected chi connectivity index (χ3v) is 21.3. The molecule has 0 radical (unpaired) electrons. The Bertz CT molecular complexity index is 720. The normalized spacial score (nSPS) is 12.7. The molecule has 182 valence electrons. The number of aromatic nitrogens is 1. The van der Waals surface area contributed by atoms with E-state index < -0.39 is 8.80 Å². The third-order valence-electron chi connectivity index (χ3n) is 3.50. The summed E-state index contributed by atoms with van der Waals surface area (Å²) in [6, 6.07) is 9.15. The average molecular weight is 606 g/mol. The van der Waals surface area contributed by atoms with Gasteiger partial charge in [-0.3, -0.25) is 0 Å². The molecule has 32 heavy (non-hydrogen) atoms. The highest BCUT2D eigenvalue weighted by atomic mass is 33.9. The average Bonchev–Trinajstić information content (AvgIpc) is 3.10. The lowest BCUT2D eigenvalue weighted by Crippen LogP contribution is -2.50. The lowest BCUT2D eigenvalue weighted by molar-refractivity contribution is 0.00319. The zero-order valence-electron chi connectivity index (χ0n) is 19.1. The standard InChI is InChI=1S/C19H31NO3S8Si/c1-14(2)21-32(22-15(3)4,23-16(5)6)13-9-12-24-27-29-31-30-28-26-19-20-17-10-7-8-11-18(17)25-19/h7-8,10-11,14-16H,9,12-13H2,1-6H3. The number of nitrogens with zero attached hydrogens (tertiary/aromatic N) is 1. The van der Waals surface area contributed by atoms with Gasteiger partial charge in [-0.05, 0) is 120 Å². The van der Waals surface area contributed by atoms with E-state index in [1.165, 1.54) is 4.70 Å². The molecule has 0 aliphatic carbocycles. The summed E-state index contributed by atoms with van der Waals surface area (Å²) in [5.41, 5.74) is 1.09. The van der Waals surface area contributed by atoms with Gasteiger partial charge in [0.1, 0.15) is 0 Å². The SMILES string of the molecule is CC(C)O[Si](CCCSSSSSSSc1nc2ccccc2s1)(OC(C)C)OC(C)C. The highest BCUT2D eigenvalue weighted by molar-refractivity contribution is 9.46. The van der Waals surface area contributed by atoms with Crippen molar-refractivity contribution in [3.05, 3.63) is 24.3 Å². The maximum Gasteiger partial charge on any atom is 0.501 e. The van der Waals surface area contributed by atoms with Crippen molar-refractivity contribution in [3.8, 4) is 0 Å². The van der Waals surface area contributed by atoms with Crippen LogP contribution in [0.5, 0.6) is 0 Å². The van der Waals surface area contributed by atoms with Gasteiger partial charge in [-0.1, -0.05) is 22.9 Å². The second kappa shape index (κ2) is 16.4. The fourth-order valence-corrected chi connectivity index (χ4v) is 21.8. The van der Waals surface area contributed by atoms with Crippen molar-refractivity contribution in [1.82, 2.24) is 4.98 Å². The number of rotatable bonds is 17. The molecule has 0 saturated carbocycles. The van der Waals surface area contributed by atoms with E-state index in [2.05, 4.69) is 64.7 Å². The van der Waals surface area contributed by atoms with E-state index >= 15 is 0 Å². The van der Waals surface area contributed by atoms with Crippen LogP contribution in [0.25, 0.3) is 10.2 Å². The lowest BCUT2D eigenvalue weighted by Gasteiger charge is -2.34. The summed E-state index contributed by atoms with van der Waals surface area (Å²) in [6.45, 7) is 12.3. The Kier molecular flexibility index (Phi) is 15.3. The Morgan fingerprint density at radius 1 is 0.844 bits per heavy atom. The van der Waals surface area contributed by atoms with Crippen molar-refractivity contribution in [2.75, 3.05) is 5.75 Å². The van der Waals surface area contributed by atoms with Crippen molar-refractivity contribution >= 4 is 101 Å². The van der Waals surface area contributed by atoms with Crippen molar-refractivity contribution in [2.45, 2.75) is 76.7 Å². The van der Waals surface area contributed by atoms with Gasteiger partial charge < -0.3 is 13.3 Å². The Morgan fingerprint density at radius 3 is 2.06 bits per heavy atom. The fraction of sp³-hybridized carbons (Fsp3) is 0.632. The van der Waals surface area contributed by atoms with Gasteiger partial charge in [-0.2, -0.15) is 0 Å². The molecule has 0 saturated heterocycles. The molecule has 0 unspecified atom stereocenters. The Hall–Kier alpha value is 1.66. The van der Waals surface area contributed by atoms with Gasteiger partial charge >= 0.3 is 8.80 Å². The highest BCUT2D eigenvalue weighted by Gasteiger charge is 2.43. The van der Waals surface area contributed by atoms with Crippen LogP contribution in [0.3, 0.4) is 0 Å².